The van der Waals surface area contributed by atoms with Crippen molar-refractivity contribution >= 4 is 22.5 Å². The van der Waals surface area contributed by atoms with Crippen LogP contribution in [0.4, 0.5) is 0 Å². The van der Waals surface area contributed by atoms with Crippen LogP contribution >= 0.6 is 11.6 Å². The fraction of sp³-hybridized carbons (Fsp3) is 0.231. The molecule has 0 bridgehead atoms. The monoisotopic (exact) mass is 260 g/mol. The van der Waals surface area contributed by atoms with E-state index in [2.05, 4.69) is 20.8 Å². The lowest BCUT2D eigenvalue weighted by molar-refractivity contribution is 0.708. The smallest absolute Gasteiger partial charge is 0.152 e. The van der Waals surface area contributed by atoms with E-state index < -0.39 is 0 Å². The molecule has 5 heteroatoms. The summed E-state index contributed by atoms with van der Waals surface area (Å²) in [6.45, 7) is 2.64. The Hall–Kier alpha value is -1.81. The highest BCUT2D eigenvalue weighted by molar-refractivity contribution is 6.31. The van der Waals surface area contributed by atoms with Crippen molar-refractivity contribution in [2.45, 2.75) is 13.5 Å². The zero-order valence-electron chi connectivity index (χ0n) is 10.3. The molecule has 0 fully saturated rings. The molecule has 0 spiro atoms. The van der Waals surface area contributed by atoms with E-state index in [0.29, 0.717) is 6.54 Å². The zero-order chi connectivity index (χ0) is 12.7. The predicted octanol–water partition coefficient (Wildman–Crippen LogP) is 2.78. The molecular weight excluding hydrogens is 248 g/mol. The van der Waals surface area contributed by atoms with Crippen LogP contribution in [0, 0.1) is 6.92 Å². The van der Waals surface area contributed by atoms with Gasteiger partial charge in [-0.15, -0.1) is 10.2 Å². The number of hydrogen-bond donors (Lipinski definition) is 0. The Bertz CT molecular complexity index is 711. The molecule has 18 heavy (non-hydrogen) atoms. The number of rotatable bonds is 2. The molecule has 4 nitrogen and oxygen atoms in total. The highest BCUT2D eigenvalue weighted by Crippen LogP contribution is 2.21. The highest BCUT2D eigenvalue weighted by Gasteiger charge is 2.08. The number of aryl methyl sites for hydroxylation is 1. The van der Waals surface area contributed by atoms with E-state index in [4.69, 9.17) is 11.6 Å². The van der Waals surface area contributed by atoms with Gasteiger partial charge in [-0.25, -0.2) is 0 Å². The molecule has 2 heterocycles. The summed E-state index contributed by atoms with van der Waals surface area (Å²) >= 11 is 6.04. The molecule has 1 aromatic carbocycles. The summed E-state index contributed by atoms with van der Waals surface area (Å²) in [6.07, 6.45) is 2.05. The summed E-state index contributed by atoms with van der Waals surface area (Å²) in [5.41, 5.74) is 1.11. The third-order valence-electron chi connectivity index (χ3n) is 3.23. The number of nitrogens with zero attached hydrogens (tertiary/aromatic N) is 4. The highest BCUT2D eigenvalue weighted by atomic mass is 35.5. The Labute approximate surface area is 110 Å². The molecule has 0 aliphatic heterocycles. The van der Waals surface area contributed by atoms with Crippen molar-refractivity contribution in [1.29, 1.82) is 0 Å². The van der Waals surface area contributed by atoms with Gasteiger partial charge in [-0.3, -0.25) is 0 Å². The number of aromatic nitrogens is 4. The summed E-state index contributed by atoms with van der Waals surface area (Å²) in [4.78, 5) is 0. The molecule has 0 saturated heterocycles. The summed E-state index contributed by atoms with van der Waals surface area (Å²) in [5, 5.41) is 10.2. The van der Waals surface area contributed by atoms with Crippen LogP contribution in [-0.4, -0.2) is 19.3 Å². The Morgan fingerprint density at radius 3 is 2.78 bits per heavy atom. The average Bonchev–Trinajstić information content (AvgIpc) is 2.88. The first-order valence-electron chi connectivity index (χ1n) is 5.74. The van der Waals surface area contributed by atoms with Crippen LogP contribution in [0.5, 0.6) is 0 Å². The summed E-state index contributed by atoms with van der Waals surface area (Å²) in [7, 11) is 1.98. The summed E-state index contributed by atoms with van der Waals surface area (Å²) in [5.74, 6) is 1.85. The van der Waals surface area contributed by atoms with Crippen LogP contribution in [0.3, 0.4) is 0 Å². The molecule has 0 radical (unpaired) electrons. The molecule has 0 amide bonds. The minimum atomic E-state index is 0.696. The largest absolute Gasteiger partial charge is 0.340 e. The number of benzene rings is 1. The Kier molecular flexibility index (Phi) is 2.59. The molecule has 0 aliphatic carbocycles. The normalized spacial score (nSPS) is 11.3. The Balaban J connectivity index is 2.05. The molecule has 3 aromatic rings. The van der Waals surface area contributed by atoms with Crippen LogP contribution in [0.25, 0.3) is 10.9 Å². The van der Waals surface area contributed by atoms with E-state index in [1.54, 1.807) is 0 Å². The van der Waals surface area contributed by atoms with Crippen LogP contribution in [0.15, 0.2) is 30.5 Å². The van der Waals surface area contributed by atoms with E-state index in [9.17, 15) is 0 Å². The number of halogens is 1. The van der Waals surface area contributed by atoms with Crippen LogP contribution in [0.1, 0.15) is 11.6 Å². The first-order chi connectivity index (χ1) is 8.65. The lowest BCUT2D eigenvalue weighted by Crippen LogP contribution is -2.05. The number of fused-ring (bicyclic) bond motifs is 1. The first-order valence-corrected chi connectivity index (χ1v) is 6.12. The second-order valence-electron chi connectivity index (χ2n) is 4.37. The molecule has 3 rings (SSSR count). The van der Waals surface area contributed by atoms with Crippen molar-refractivity contribution in [1.82, 2.24) is 19.3 Å². The maximum absolute atomic E-state index is 6.04. The van der Waals surface area contributed by atoms with Crippen molar-refractivity contribution < 1.29 is 0 Å². The quantitative estimate of drug-likeness (QED) is 0.710. The third-order valence-corrected chi connectivity index (χ3v) is 3.47. The molecule has 0 saturated carbocycles. The van der Waals surface area contributed by atoms with Gasteiger partial charge in [0.05, 0.1) is 6.54 Å². The lowest BCUT2D eigenvalue weighted by Gasteiger charge is -2.05. The molecule has 92 valence electrons. The minimum Gasteiger partial charge on any atom is -0.340 e. The first kappa shape index (κ1) is 11.3. The summed E-state index contributed by atoms with van der Waals surface area (Å²) in [6, 6.07) is 7.98. The van der Waals surface area contributed by atoms with E-state index in [1.807, 2.05) is 42.9 Å². The van der Waals surface area contributed by atoms with Gasteiger partial charge in [0.2, 0.25) is 0 Å². The SMILES string of the molecule is Cc1nnc(Cn2ccc3ccc(Cl)cc32)n1C. The number of hydrogen-bond acceptors (Lipinski definition) is 2. The van der Waals surface area contributed by atoms with Crippen molar-refractivity contribution in [3.63, 3.8) is 0 Å². The molecule has 0 N–H and O–H groups in total. The molecule has 0 aliphatic rings. The Morgan fingerprint density at radius 1 is 1.22 bits per heavy atom. The second kappa shape index (κ2) is 4.14. The van der Waals surface area contributed by atoms with Gasteiger partial charge >= 0.3 is 0 Å². The molecule has 0 atom stereocenters. The predicted molar refractivity (Wildman–Crippen MR) is 71.8 cm³/mol. The van der Waals surface area contributed by atoms with Crippen molar-refractivity contribution in [3.05, 3.63) is 47.1 Å². The second-order valence-corrected chi connectivity index (χ2v) is 4.81. The van der Waals surface area contributed by atoms with Gasteiger partial charge in [-0.1, -0.05) is 17.7 Å². The summed E-state index contributed by atoms with van der Waals surface area (Å²) < 4.78 is 4.13. The van der Waals surface area contributed by atoms with Gasteiger partial charge < -0.3 is 9.13 Å². The van der Waals surface area contributed by atoms with Crippen molar-refractivity contribution in [2.24, 2.45) is 7.05 Å². The van der Waals surface area contributed by atoms with Gasteiger partial charge in [0.15, 0.2) is 5.82 Å². The van der Waals surface area contributed by atoms with Gasteiger partial charge in [0, 0.05) is 23.8 Å². The maximum Gasteiger partial charge on any atom is 0.152 e. The molecule has 2 aromatic heterocycles. The van der Waals surface area contributed by atoms with E-state index in [-0.39, 0.29) is 0 Å². The van der Waals surface area contributed by atoms with Gasteiger partial charge in [-0.05, 0) is 30.5 Å². The van der Waals surface area contributed by atoms with E-state index in [1.165, 1.54) is 5.39 Å². The van der Waals surface area contributed by atoms with Crippen LogP contribution < -0.4 is 0 Å². The minimum absolute atomic E-state index is 0.696. The zero-order valence-corrected chi connectivity index (χ0v) is 11.0. The molecule has 0 unspecified atom stereocenters. The molecular formula is C13H13ClN4. The van der Waals surface area contributed by atoms with Crippen LogP contribution in [0.2, 0.25) is 5.02 Å². The van der Waals surface area contributed by atoms with Crippen molar-refractivity contribution in [3.8, 4) is 0 Å². The fourth-order valence-electron chi connectivity index (χ4n) is 2.04. The fourth-order valence-corrected chi connectivity index (χ4v) is 2.20. The van der Waals surface area contributed by atoms with Crippen molar-refractivity contribution in [2.75, 3.05) is 0 Å². The topological polar surface area (TPSA) is 35.6 Å². The third kappa shape index (κ3) is 1.78. The van der Waals surface area contributed by atoms with Crippen LogP contribution in [-0.2, 0) is 13.6 Å². The lowest BCUT2D eigenvalue weighted by atomic mass is 10.2. The average molecular weight is 261 g/mol. The van der Waals surface area contributed by atoms with Gasteiger partial charge in [-0.2, -0.15) is 0 Å². The van der Waals surface area contributed by atoms with Gasteiger partial charge in [0.25, 0.3) is 0 Å². The van der Waals surface area contributed by atoms with E-state index in [0.717, 1.165) is 22.2 Å². The standard InChI is InChI=1S/C13H13ClN4/c1-9-15-16-13(17(9)2)8-18-6-5-10-3-4-11(14)7-12(10)18/h3-7H,8H2,1-2H3. The maximum atomic E-state index is 6.04. The van der Waals surface area contributed by atoms with E-state index >= 15 is 0 Å². The Morgan fingerprint density at radius 2 is 2.06 bits per heavy atom. The van der Waals surface area contributed by atoms with Gasteiger partial charge in [0.1, 0.15) is 5.82 Å².